The molecule has 0 amide bonds. The Labute approximate surface area is 129 Å². The van der Waals surface area contributed by atoms with Gasteiger partial charge in [0, 0.05) is 10.4 Å². The molecular formula is C12H7Br2ClF2S. The summed E-state index contributed by atoms with van der Waals surface area (Å²) in [5, 5.41) is 0.535. The van der Waals surface area contributed by atoms with Gasteiger partial charge in [0.2, 0.25) is 0 Å². The zero-order valence-corrected chi connectivity index (χ0v) is 13.9. The molecule has 0 fully saturated rings. The maximum atomic E-state index is 14.0. The first kappa shape index (κ1) is 14.4. The van der Waals surface area contributed by atoms with Crippen LogP contribution in [0.2, 0.25) is 5.02 Å². The molecule has 0 saturated carbocycles. The van der Waals surface area contributed by atoms with Crippen molar-refractivity contribution in [1.29, 1.82) is 0 Å². The molecule has 18 heavy (non-hydrogen) atoms. The molecule has 0 saturated heterocycles. The van der Waals surface area contributed by atoms with Gasteiger partial charge in [-0.05, 0) is 40.5 Å². The summed E-state index contributed by atoms with van der Waals surface area (Å²) in [7, 11) is 0. The standard InChI is InChI=1S/C12H7Br2ClF2S/c1-5-2-3-7(16)9(11(5)17)10(13)8-4-6(15)12(14)18-8/h2-4,10H,1H3. The first-order valence-corrected chi connectivity index (χ1v) is 7.85. The van der Waals surface area contributed by atoms with Crippen LogP contribution in [0, 0.1) is 18.6 Å². The van der Waals surface area contributed by atoms with E-state index < -0.39 is 16.5 Å². The quantitative estimate of drug-likeness (QED) is 0.509. The van der Waals surface area contributed by atoms with Gasteiger partial charge in [0.1, 0.15) is 11.6 Å². The van der Waals surface area contributed by atoms with E-state index in [2.05, 4.69) is 31.9 Å². The molecule has 1 aromatic carbocycles. The lowest BCUT2D eigenvalue weighted by atomic mass is 10.1. The van der Waals surface area contributed by atoms with Gasteiger partial charge < -0.3 is 0 Å². The molecule has 0 aliphatic heterocycles. The third kappa shape index (κ3) is 2.64. The highest BCUT2D eigenvalue weighted by Gasteiger charge is 2.23. The molecular weight excluding hydrogens is 409 g/mol. The first-order chi connectivity index (χ1) is 8.41. The van der Waals surface area contributed by atoms with Crippen LogP contribution >= 0.6 is 54.8 Å². The Morgan fingerprint density at radius 1 is 1.33 bits per heavy atom. The summed E-state index contributed by atoms with van der Waals surface area (Å²) in [6.45, 7) is 1.61. The van der Waals surface area contributed by atoms with Crippen molar-refractivity contribution < 1.29 is 8.78 Å². The number of thiophene rings is 1. The van der Waals surface area contributed by atoms with Crippen LogP contribution in [0.5, 0.6) is 0 Å². The van der Waals surface area contributed by atoms with Gasteiger partial charge in [-0.1, -0.05) is 33.6 Å². The van der Waals surface area contributed by atoms with Crippen LogP contribution in [-0.2, 0) is 0 Å². The van der Waals surface area contributed by atoms with Crippen molar-refractivity contribution in [3.63, 3.8) is 0 Å². The Balaban J connectivity index is 2.52. The van der Waals surface area contributed by atoms with Crippen molar-refractivity contribution in [3.05, 3.63) is 54.6 Å². The first-order valence-electron chi connectivity index (χ1n) is 4.95. The zero-order chi connectivity index (χ0) is 13.4. The largest absolute Gasteiger partial charge is 0.207 e. The monoisotopic (exact) mass is 414 g/mol. The summed E-state index contributed by atoms with van der Waals surface area (Å²) >= 11 is 13.9. The average Bonchev–Trinajstić information content (AvgIpc) is 2.65. The van der Waals surface area contributed by atoms with E-state index in [1.807, 2.05) is 0 Å². The molecule has 1 unspecified atom stereocenters. The van der Waals surface area contributed by atoms with Crippen LogP contribution in [0.15, 0.2) is 22.0 Å². The lowest BCUT2D eigenvalue weighted by Gasteiger charge is -2.12. The minimum Gasteiger partial charge on any atom is -0.207 e. The molecule has 0 radical (unpaired) electrons. The minimum atomic E-state index is -0.569. The fourth-order valence-corrected chi connectivity index (χ4v) is 4.11. The van der Waals surface area contributed by atoms with Crippen molar-refractivity contribution in [2.45, 2.75) is 11.8 Å². The van der Waals surface area contributed by atoms with Crippen LogP contribution in [-0.4, -0.2) is 0 Å². The van der Waals surface area contributed by atoms with Crippen LogP contribution < -0.4 is 0 Å². The molecule has 1 atom stereocenters. The van der Waals surface area contributed by atoms with Crippen molar-refractivity contribution in [2.75, 3.05) is 0 Å². The second kappa shape index (κ2) is 5.57. The fraction of sp³-hybridized carbons (Fsp3) is 0.167. The molecule has 0 aliphatic carbocycles. The predicted octanol–water partition coefficient (Wildman–Crippen LogP) is 6.23. The topological polar surface area (TPSA) is 0 Å². The van der Waals surface area contributed by atoms with E-state index in [9.17, 15) is 8.78 Å². The van der Waals surface area contributed by atoms with Gasteiger partial charge in [0.15, 0.2) is 0 Å². The van der Waals surface area contributed by atoms with Gasteiger partial charge in [-0.15, -0.1) is 11.3 Å². The molecule has 0 N–H and O–H groups in total. The Hall–Kier alpha value is 0.0300. The average molecular weight is 417 g/mol. The number of hydrogen-bond acceptors (Lipinski definition) is 1. The summed E-state index contributed by atoms with van der Waals surface area (Å²) in [4.78, 5) is 0.196. The smallest absolute Gasteiger partial charge is 0.133 e. The molecule has 96 valence electrons. The molecule has 2 rings (SSSR count). The normalized spacial score (nSPS) is 12.8. The lowest BCUT2D eigenvalue weighted by molar-refractivity contribution is 0.556. The second-order valence-electron chi connectivity index (χ2n) is 3.72. The third-order valence-electron chi connectivity index (χ3n) is 2.49. The molecule has 6 heteroatoms. The Bertz CT molecular complexity index is 579. The summed E-state index contributed by atoms with van der Waals surface area (Å²) in [6.07, 6.45) is 0. The van der Waals surface area contributed by atoms with Crippen molar-refractivity contribution in [3.8, 4) is 0 Å². The fourth-order valence-electron chi connectivity index (χ4n) is 1.54. The highest BCUT2D eigenvalue weighted by atomic mass is 79.9. The number of benzene rings is 1. The SMILES string of the molecule is Cc1ccc(F)c(C(Br)c2cc(Cl)c(Br)s2)c1F. The van der Waals surface area contributed by atoms with Gasteiger partial charge in [0.25, 0.3) is 0 Å². The summed E-state index contributed by atoms with van der Waals surface area (Å²) in [5.74, 6) is -1.10. The Morgan fingerprint density at radius 3 is 2.56 bits per heavy atom. The van der Waals surface area contributed by atoms with Crippen molar-refractivity contribution in [2.24, 2.45) is 0 Å². The maximum Gasteiger partial charge on any atom is 0.133 e. The summed E-state index contributed by atoms with van der Waals surface area (Å²) in [5.41, 5.74) is 0.429. The van der Waals surface area contributed by atoms with E-state index in [0.29, 0.717) is 10.6 Å². The van der Waals surface area contributed by atoms with Crippen LogP contribution in [0.1, 0.15) is 20.8 Å². The summed E-state index contributed by atoms with van der Waals surface area (Å²) in [6, 6.07) is 4.38. The molecule has 0 bridgehead atoms. The third-order valence-corrected chi connectivity index (χ3v) is 6.28. The molecule has 2 aromatic rings. The zero-order valence-electron chi connectivity index (χ0n) is 9.11. The van der Waals surface area contributed by atoms with E-state index in [1.165, 1.54) is 23.5 Å². The van der Waals surface area contributed by atoms with Gasteiger partial charge in [-0.3, -0.25) is 0 Å². The van der Waals surface area contributed by atoms with Crippen LogP contribution in [0.3, 0.4) is 0 Å². The van der Waals surface area contributed by atoms with Crippen LogP contribution in [0.4, 0.5) is 8.78 Å². The Kier molecular flexibility index (Phi) is 4.47. The number of aryl methyl sites for hydroxylation is 1. The molecule has 1 heterocycles. The van der Waals surface area contributed by atoms with Gasteiger partial charge in [-0.2, -0.15) is 0 Å². The lowest BCUT2D eigenvalue weighted by Crippen LogP contribution is -2.01. The van der Waals surface area contributed by atoms with Gasteiger partial charge >= 0.3 is 0 Å². The number of halogens is 5. The van der Waals surface area contributed by atoms with E-state index in [-0.39, 0.29) is 5.56 Å². The molecule has 1 aromatic heterocycles. The number of rotatable bonds is 2. The Morgan fingerprint density at radius 2 is 2.00 bits per heavy atom. The number of alkyl halides is 1. The molecule has 0 nitrogen and oxygen atoms in total. The van der Waals surface area contributed by atoms with Crippen molar-refractivity contribution >= 4 is 54.8 Å². The summed E-state index contributed by atoms with van der Waals surface area (Å²) < 4.78 is 28.5. The highest BCUT2D eigenvalue weighted by Crippen LogP contribution is 2.42. The van der Waals surface area contributed by atoms with E-state index >= 15 is 0 Å². The predicted molar refractivity (Wildman–Crippen MR) is 78.9 cm³/mol. The maximum absolute atomic E-state index is 14.0. The van der Waals surface area contributed by atoms with Crippen molar-refractivity contribution in [1.82, 2.24) is 0 Å². The minimum absolute atomic E-state index is 0.0143. The van der Waals surface area contributed by atoms with E-state index in [4.69, 9.17) is 11.6 Å². The number of hydrogen-bond donors (Lipinski definition) is 0. The second-order valence-corrected chi connectivity index (χ2v) is 7.45. The van der Waals surface area contributed by atoms with Gasteiger partial charge in [0.05, 0.1) is 13.6 Å². The molecule has 0 spiro atoms. The van der Waals surface area contributed by atoms with Gasteiger partial charge in [-0.25, -0.2) is 8.78 Å². The van der Waals surface area contributed by atoms with E-state index in [1.54, 1.807) is 13.0 Å². The molecule has 0 aliphatic rings. The van der Waals surface area contributed by atoms with E-state index in [0.717, 1.165) is 8.66 Å². The van der Waals surface area contributed by atoms with Crippen LogP contribution in [0.25, 0.3) is 0 Å². The highest BCUT2D eigenvalue weighted by molar-refractivity contribution is 9.11.